The second-order valence-corrected chi connectivity index (χ2v) is 9.69. The number of carbonyl (C=O) groups is 1. The zero-order valence-corrected chi connectivity index (χ0v) is 17.8. The van der Waals surface area contributed by atoms with E-state index < -0.39 is 5.97 Å². The Morgan fingerprint density at radius 2 is 2.21 bits per heavy atom. The molecule has 1 saturated heterocycles. The number of nitrogens with one attached hydrogen (secondary N) is 2. The van der Waals surface area contributed by atoms with Crippen molar-refractivity contribution in [1.29, 1.82) is 0 Å². The number of hydrogen-bond acceptors (Lipinski definition) is 5. The number of piperidine rings is 1. The van der Waals surface area contributed by atoms with E-state index in [9.17, 15) is 15.0 Å². The van der Waals surface area contributed by atoms with Crippen molar-refractivity contribution in [2.45, 2.75) is 45.4 Å². The van der Waals surface area contributed by atoms with Crippen molar-refractivity contribution in [2.24, 2.45) is 39.3 Å². The Balaban J connectivity index is 1.82. The second-order valence-electron chi connectivity index (χ2n) is 9.69. The van der Waals surface area contributed by atoms with E-state index in [2.05, 4.69) is 17.2 Å². The minimum Gasteiger partial charge on any atom is -0.545 e. The first-order valence-electron chi connectivity index (χ1n) is 11.2. The van der Waals surface area contributed by atoms with Gasteiger partial charge in [-0.1, -0.05) is 12.5 Å². The molecule has 3 fully saturated rings. The number of likely N-dealkylation sites (tertiary alicyclic amines) is 1. The molecular formula is C22H36N4O3. The van der Waals surface area contributed by atoms with Crippen molar-refractivity contribution in [3.8, 4) is 0 Å². The Bertz CT molecular complexity index is 736. The Hall–Kier alpha value is -1.44. The Morgan fingerprint density at radius 3 is 2.90 bits per heavy atom. The van der Waals surface area contributed by atoms with Gasteiger partial charge in [-0.2, -0.15) is 0 Å². The van der Waals surface area contributed by atoms with Gasteiger partial charge in [0.05, 0.1) is 25.7 Å². The molecule has 0 radical (unpaired) electrons. The van der Waals surface area contributed by atoms with E-state index in [1.807, 2.05) is 0 Å². The van der Waals surface area contributed by atoms with Gasteiger partial charge in [-0.15, -0.1) is 0 Å². The van der Waals surface area contributed by atoms with Crippen molar-refractivity contribution in [1.82, 2.24) is 5.32 Å². The van der Waals surface area contributed by atoms with Gasteiger partial charge in [0, 0.05) is 30.8 Å². The molecular weight excluding hydrogens is 368 g/mol. The van der Waals surface area contributed by atoms with Gasteiger partial charge in [-0.3, -0.25) is 4.90 Å². The van der Waals surface area contributed by atoms with Crippen molar-refractivity contribution in [3.05, 3.63) is 11.1 Å². The number of aliphatic carboxylic acids is 1. The maximum Gasteiger partial charge on any atom is 0.293 e. The van der Waals surface area contributed by atoms with Crippen LogP contribution in [-0.2, 0) is 4.79 Å². The molecule has 2 spiro atoms. The van der Waals surface area contributed by atoms with Gasteiger partial charge in [0.15, 0.2) is 0 Å². The first-order chi connectivity index (χ1) is 13.9. The number of quaternary nitrogens is 1. The predicted molar refractivity (Wildman–Crippen MR) is 109 cm³/mol. The van der Waals surface area contributed by atoms with Gasteiger partial charge in [-0.25, -0.2) is 4.99 Å². The molecule has 1 aliphatic heterocycles. The molecule has 162 valence electrons. The molecule has 0 aromatic rings. The van der Waals surface area contributed by atoms with E-state index >= 15 is 0 Å². The van der Waals surface area contributed by atoms with Gasteiger partial charge < -0.3 is 26.1 Å². The van der Waals surface area contributed by atoms with E-state index in [4.69, 9.17) is 5.73 Å². The van der Waals surface area contributed by atoms with E-state index in [1.54, 1.807) is 7.05 Å². The number of aliphatic hydroxyl groups excluding tert-OH is 1. The van der Waals surface area contributed by atoms with E-state index in [-0.39, 0.29) is 17.4 Å². The topological polar surface area (TPSA) is 115 Å². The van der Waals surface area contributed by atoms with E-state index in [0.29, 0.717) is 42.3 Å². The number of carbonyl (C=O) groups excluding carboxylic acids is 1. The summed E-state index contributed by atoms with van der Waals surface area (Å²) in [6.45, 7) is 5.83. The second kappa shape index (κ2) is 7.67. The van der Waals surface area contributed by atoms with Crippen LogP contribution in [0.5, 0.6) is 0 Å². The molecule has 29 heavy (non-hydrogen) atoms. The first-order valence-corrected chi connectivity index (χ1v) is 11.2. The molecule has 0 aromatic heterocycles. The van der Waals surface area contributed by atoms with Crippen LogP contribution in [0.3, 0.4) is 0 Å². The van der Waals surface area contributed by atoms with Gasteiger partial charge >= 0.3 is 0 Å². The molecule has 0 aromatic carbocycles. The normalized spacial score (nSPS) is 41.8. The molecule has 2 bridgehead atoms. The summed E-state index contributed by atoms with van der Waals surface area (Å²) >= 11 is 0. The third-order valence-electron chi connectivity index (χ3n) is 9.03. The van der Waals surface area contributed by atoms with Crippen molar-refractivity contribution < 1.29 is 19.9 Å². The first kappa shape index (κ1) is 20.8. The highest BCUT2D eigenvalue weighted by Crippen LogP contribution is 2.75. The molecule has 7 heteroatoms. The minimum absolute atomic E-state index is 0.0303. The number of hydrogen-bond donors (Lipinski definition) is 4. The monoisotopic (exact) mass is 404 g/mol. The quantitative estimate of drug-likeness (QED) is 0.258. The number of rotatable bonds is 5. The summed E-state index contributed by atoms with van der Waals surface area (Å²) in [5, 5.41) is 24.7. The summed E-state index contributed by atoms with van der Waals surface area (Å²) in [5.41, 5.74) is 8.07. The van der Waals surface area contributed by atoms with Crippen LogP contribution >= 0.6 is 0 Å². The molecule has 5 N–H and O–H groups in total. The number of allylic oxidation sites excluding steroid dienone is 1. The third-order valence-corrected chi connectivity index (χ3v) is 9.03. The van der Waals surface area contributed by atoms with Crippen LogP contribution in [0.25, 0.3) is 0 Å². The average Bonchev–Trinajstić information content (AvgIpc) is 3.16. The van der Waals surface area contributed by atoms with Gasteiger partial charge in [0.25, 0.3) is 5.96 Å². The molecule has 6 unspecified atom stereocenters. The van der Waals surface area contributed by atoms with Crippen LogP contribution in [-0.4, -0.2) is 56.9 Å². The van der Waals surface area contributed by atoms with Crippen LogP contribution in [0.2, 0.25) is 0 Å². The molecule has 6 atom stereocenters. The van der Waals surface area contributed by atoms with Gasteiger partial charge in [0.1, 0.15) is 0 Å². The summed E-state index contributed by atoms with van der Waals surface area (Å²) in [6, 6.07) is 0. The number of nitrogens with two attached hydrogens (primary N) is 1. The fourth-order valence-corrected chi connectivity index (χ4v) is 8.00. The van der Waals surface area contributed by atoms with E-state index in [0.717, 1.165) is 45.3 Å². The highest BCUT2D eigenvalue weighted by molar-refractivity contribution is 5.87. The maximum atomic E-state index is 12.0. The fourth-order valence-electron chi connectivity index (χ4n) is 8.00. The highest BCUT2D eigenvalue weighted by atomic mass is 16.4. The average molecular weight is 405 g/mol. The zero-order chi connectivity index (χ0) is 20.8. The lowest BCUT2D eigenvalue weighted by Gasteiger charge is -2.60. The van der Waals surface area contributed by atoms with Gasteiger partial charge in [-0.05, 0) is 62.0 Å². The standard InChI is InChI=1S/C22H36N4O3/c1-14-3-4-15-11-18-17(19(28)29)5-7-21(14,18)22(15)13-26(20(23)24-2)9-6-16(22)12-25-8-10-27/h14-16,25,27H,3-13H2,1-2H3,(H2,23,24)(H,28,29). The largest absolute Gasteiger partial charge is 0.545 e. The Morgan fingerprint density at radius 1 is 1.41 bits per heavy atom. The highest BCUT2D eigenvalue weighted by Gasteiger charge is 2.72. The number of guanidine groups is 1. The van der Waals surface area contributed by atoms with Crippen LogP contribution < -0.4 is 21.1 Å². The van der Waals surface area contributed by atoms with Crippen LogP contribution in [0.15, 0.2) is 16.1 Å². The van der Waals surface area contributed by atoms with E-state index in [1.165, 1.54) is 16.9 Å². The van der Waals surface area contributed by atoms with Crippen LogP contribution in [0.1, 0.15) is 45.4 Å². The number of carboxylic acids is 1. The van der Waals surface area contributed by atoms with Crippen LogP contribution in [0, 0.1) is 28.6 Å². The van der Waals surface area contributed by atoms with Crippen molar-refractivity contribution in [2.75, 3.05) is 39.8 Å². The van der Waals surface area contributed by atoms with Crippen molar-refractivity contribution >= 4 is 11.9 Å². The molecule has 4 aliphatic rings. The maximum absolute atomic E-state index is 12.0. The smallest absolute Gasteiger partial charge is 0.293 e. The number of carboxylic acid groups (broad SMARTS) is 1. The molecule has 2 saturated carbocycles. The lowest BCUT2D eigenvalue weighted by atomic mass is 9.45. The Kier molecular flexibility index (Phi) is 5.51. The number of aliphatic hydroxyl groups is 1. The zero-order valence-electron chi connectivity index (χ0n) is 17.8. The van der Waals surface area contributed by atoms with Crippen molar-refractivity contribution in [3.63, 3.8) is 0 Å². The molecule has 1 heterocycles. The third kappa shape index (κ3) is 2.81. The molecule has 0 amide bonds. The minimum atomic E-state index is -0.962. The summed E-state index contributed by atoms with van der Waals surface area (Å²) in [6.07, 6.45) is 5.83. The molecule has 7 nitrogen and oxygen atoms in total. The Labute approximate surface area is 173 Å². The molecule has 4 rings (SSSR count). The summed E-state index contributed by atoms with van der Waals surface area (Å²) in [5.74, 6) is 1.12. The number of nitrogens with zero attached hydrogens (tertiary/aromatic N) is 1. The SMILES string of the molecule is CN=C(N)[NH+]1CCC(CNCCO)C2(C1)C1CCC(C)C23CCC(C(=O)[O-])=C3C1. The van der Waals surface area contributed by atoms with Gasteiger partial charge in [0.2, 0.25) is 0 Å². The fraction of sp³-hybridized carbons (Fsp3) is 0.818. The summed E-state index contributed by atoms with van der Waals surface area (Å²) in [7, 11) is 1.76. The molecule has 3 aliphatic carbocycles. The summed E-state index contributed by atoms with van der Waals surface area (Å²) in [4.78, 5) is 17.5. The predicted octanol–water partition coefficient (Wildman–Crippen LogP) is -1.32. The lowest BCUT2D eigenvalue weighted by molar-refractivity contribution is -0.828. The summed E-state index contributed by atoms with van der Waals surface area (Å²) < 4.78 is 0. The lowest BCUT2D eigenvalue weighted by Crippen LogP contribution is -3.19. The van der Waals surface area contributed by atoms with Crippen LogP contribution in [0.4, 0.5) is 0 Å². The number of aliphatic imine (C=N–C) groups is 1.